The van der Waals surface area contributed by atoms with E-state index in [0.29, 0.717) is 16.5 Å². The molecule has 0 amide bonds. The van der Waals surface area contributed by atoms with Crippen molar-refractivity contribution < 1.29 is 8.42 Å². The summed E-state index contributed by atoms with van der Waals surface area (Å²) in [5, 5.41) is 0.557. The minimum absolute atomic E-state index is 0.224. The van der Waals surface area contributed by atoms with Gasteiger partial charge in [0.15, 0.2) is 9.84 Å². The number of hydrogen-bond acceptors (Lipinski definition) is 2. The van der Waals surface area contributed by atoms with Crippen LogP contribution in [0.15, 0.2) is 18.2 Å². The van der Waals surface area contributed by atoms with Crippen LogP contribution in [0.5, 0.6) is 0 Å². The molecule has 0 aliphatic carbocycles. The molecular weight excluding hydrogens is 359 g/mol. The number of hydrogen-bond donors (Lipinski definition) is 0. The fourth-order valence-corrected chi connectivity index (χ4v) is 6.01. The van der Waals surface area contributed by atoms with Crippen LogP contribution in [0.3, 0.4) is 0 Å². The van der Waals surface area contributed by atoms with Crippen molar-refractivity contribution in [3.63, 3.8) is 0 Å². The molecule has 0 aromatic heterocycles. The van der Waals surface area contributed by atoms with E-state index in [4.69, 9.17) is 23.2 Å². The average molecular weight is 372 g/mol. The zero-order valence-electron chi connectivity index (χ0n) is 9.57. The highest BCUT2D eigenvalue weighted by Crippen LogP contribution is 2.38. The number of sulfone groups is 1. The maximum absolute atomic E-state index is 12.1. The molecule has 1 aliphatic heterocycles. The van der Waals surface area contributed by atoms with Gasteiger partial charge in [0.25, 0.3) is 0 Å². The van der Waals surface area contributed by atoms with Crippen LogP contribution in [0.25, 0.3) is 0 Å². The van der Waals surface area contributed by atoms with Crippen LogP contribution >= 0.6 is 39.1 Å². The van der Waals surface area contributed by atoms with Gasteiger partial charge in [0.2, 0.25) is 0 Å². The van der Waals surface area contributed by atoms with E-state index in [1.165, 1.54) is 0 Å². The van der Waals surface area contributed by atoms with Crippen LogP contribution in [-0.2, 0) is 9.84 Å². The first-order valence-corrected chi connectivity index (χ1v) is 9.11. The lowest BCUT2D eigenvalue weighted by Crippen LogP contribution is -2.31. The quantitative estimate of drug-likeness (QED) is 0.722. The summed E-state index contributed by atoms with van der Waals surface area (Å²) in [5.41, 5.74) is 0.861. The van der Waals surface area contributed by atoms with Crippen LogP contribution in [-0.4, -0.2) is 19.4 Å². The SMILES string of the molecule is O=S1(=O)CCCCC1C(Br)c1ccc(Cl)c(Cl)c1. The van der Waals surface area contributed by atoms with Crippen molar-refractivity contribution in [2.24, 2.45) is 0 Å². The molecule has 0 saturated carbocycles. The van der Waals surface area contributed by atoms with E-state index in [2.05, 4.69) is 15.9 Å². The Bertz CT molecular complexity index is 545. The molecule has 1 fully saturated rings. The number of alkyl halides is 1. The molecule has 2 rings (SSSR count). The number of halogens is 3. The molecule has 0 bridgehead atoms. The normalized spacial score (nSPS) is 24.7. The molecular formula is C12H13BrCl2O2S. The van der Waals surface area contributed by atoms with Crippen LogP contribution in [0.4, 0.5) is 0 Å². The fourth-order valence-electron chi connectivity index (χ4n) is 2.21. The minimum atomic E-state index is -3.02. The monoisotopic (exact) mass is 370 g/mol. The summed E-state index contributed by atoms with van der Waals surface area (Å²) in [6.45, 7) is 0. The first-order valence-electron chi connectivity index (χ1n) is 5.72. The lowest BCUT2D eigenvalue weighted by molar-refractivity contribution is 0.537. The Morgan fingerprint density at radius 2 is 1.94 bits per heavy atom. The molecule has 0 spiro atoms. The second kappa shape index (κ2) is 5.70. The smallest absolute Gasteiger partial charge is 0.154 e. The van der Waals surface area contributed by atoms with E-state index in [1.54, 1.807) is 12.1 Å². The number of benzene rings is 1. The predicted octanol–water partition coefficient (Wildman–Crippen LogP) is 4.40. The van der Waals surface area contributed by atoms with Gasteiger partial charge in [-0.05, 0) is 30.5 Å². The van der Waals surface area contributed by atoms with Crippen molar-refractivity contribution >= 4 is 49.0 Å². The number of rotatable bonds is 2. The van der Waals surface area contributed by atoms with Crippen molar-refractivity contribution in [1.82, 2.24) is 0 Å². The Hall–Kier alpha value is 0.230. The highest BCUT2D eigenvalue weighted by atomic mass is 79.9. The van der Waals surface area contributed by atoms with Gasteiger partial charge in [0, 0.05) is 0 Å². The van der Waals surface area contributed by atoms with Crippen molar-refractivity contribution in [3.05, 3.63) is 33.8 Å². The molecule has 1 heterocycles. The average Bonchev–Trinajstić information content (AvgIpc) is 2.31. The van der Waals surface area contributed by atoms with Gasteiger partial charge in [0.1, 0.15) is 0 Å². The third-order valence-corrected chi connectivity index (χ3v) is 7.76. The van der Waals surface area contributed by atoms with Gasteiger partial charge < -0.3 is 0 Å². The second-order valence-electron chi connectivity index (χ2n) is 4.48. The van der Waals surface area contributed by atoms with Crippen LogP contribution in [0, 0.1) is 0 Å². The molecule has 2 nitrogen and oxygen atoms in total. The maximum Gasteiger partial charge on any atom is 0.154 e. The van der Waals surface area contributed by atoms with Crippen molar-refractivity contribution in [2.45, 2.75) is 29.3 Å². The molecule has 1 aromatic rings. The largest absolute Gasteiger partial charge is 0.228 e. The fraction of sp³-hybridized carbons (Fsp3) is 0.500. The summed E-state index contributed by atoms with van der Waals surface area (Å²) < 4.78 is 24.1. The van der Waals surface area contributed by atoms with E-state index >= 15 is 0 Å². The summed E-state index contributed by atoms with van der Waals surface area (Å²) in [6.07, 6.45) is 2.41. The lowest BCUT2D eigenvalue weighted by atomic mass is 10.1. The van der Waals surface area contributed by atoms with Gasteiger partial charge in [0.05, 0.1) is 25.9 Å². The Morgan fingerprint density at radius 1 is 1.22 bits per heavy atom. The molecule has 2 atom stereocenters. The molecule has 100 valence electrons. The molecule has 2 unspecified atom stereocenters. The van der Waals surface area contributed by atoms with E-state index in [-0.39, 0.29) is 15.8 Å². The van der Waals surface area contributed by atoms with Crippen LogP contribution in [0.2, 0.25) is 10.0 Å². The van der Waals surface area contributed by atoms with Crippen LogP contribution in [0.1, 0.15) is 29.7 Å². The molecule has 1 aromatic carbocycles. The van der Waals surface area contributed by atoms with Gasteiger partial charge in [-0.15, -0.1) is 0 Å². The molecule has 18 heavy (non-hydrogen) atoms. The summed E-state index contributed by atoms with van der Waals surface area (Å²) in [5.74, 6) is 0.279. The Labute approximate surface area is 126 Å². The van der Waals surface area contributed by atoms with Crippen molar-refractivity contribution in [2.75, 3.05) is 5.75 Å². The van der Waals surface area contributed by atoms with E-state index in [1.807, 2.05) is 6.07 Å². The summed E-state index contributed by atoms with van der Waals surface area (Å²) in [4.78, 5) is -0.224. The third-order valence-electron chi connectivity index (χ3n) is 3.22. The zero-order valence-corrected chi connectivity index (χ0v) is 13.5. The molecule has 1 aliphatic rings. The summed E-state index contributed by atoms with van der Waals surface area (Å²) in [6, 6.07) is 5.24. The second-order valence-corrected chi connectivity index (χ2v) is 8.62. The van der Waals surface area contributed by atoms with E-state index in [0.717, 1.165) is 18.4 Å². The van der Waals surface area contributed by atoms with Gasteiger partial charge in [-0.1, -0.05) is 51.6 Å². The molecule has 6 heteroatoms. The Morgan fingerprint density at radius 3 is 2.56 bits per heavy atom. The Balaban J connectivity index is 2.30. The van der Waals surface area contributed by atoms with E-state index < -0.39 is 9.84 Å². The first kappa shape index (κ1) is 14.6. The first-order chi connectivity index (χ1) is 8.42. The topological polar surface area (TPSA) is 34.1 Å². The molecule has 0 N–H and O–H groups in total. The lowest BCUT2D eigenvalue weighted by Gasteiger charge is -2.26. The van der Waals surface area contributed by atoms with Gasteiger partial charge in [-0.2, -0.15) is 0 Å². The molecule has 1 saturated heterocycles. The van der Waals surface area contributed by atoms with E-state index in [9.17, 15) is 8.42 Å². The van der Waals surface area contributed by atoms with Crippen molar-refractivity contribution in [3.8, 4) is 0 Å². The zero-order chi connectivity index (χ0) is 13.3. The van der Waals surface area contributed by atoms with Gasteiger partial charge in [-0.3, -0.25) is 0 Å². The van der Waals surface area contributed by atoms with Gasteiger partial charge in [-0.25, -0.2) is 8.42 Å². The highest BCUT2D eigenvalue weighted by molar-refractivity contribution is 9.09. The maximum atomic E-state index is 12.1. The third kappa shape index (κ3) is 3.03. The Kier molecular flexibility index (Phi) is 4.63. The highest BCUT2D eigenvalue weighted by Gasteiger charge is 2.35. The summed E-state index contributed by atoms with van der Waals surface area (Å²) in [7, 11) is -3.02. The summed E-state index contributed by atoms with van der Waals surface area (Å²) >= 11 is 15.3. The standard InChI is InChI=1S/C12H13BrCl2O2S/c13-12(8-4-5-9(14)10(15)7-8)11-3-1-2-6-18(11,16)17/h4-5,7,11-12H,1-3,6H2. The minimum Gasteiger partial charge on any atom is -0.228 e. The van der Waals surface area contributed by atoms with Crippen LogP contribution < -0.4 is 0 Å². The van der Waals surface area contributed by atoms with Gasteiger partial charge >= 0.3 is 0 Å². The van der Waals surface area contributed by atoms with Crippen molar-refractivity contribution in [1.29, 1.82) is 0 Å². The molecule has 0 radical (unpaired) electrons. The predicted molar refractivity (Wildman–Crippen MR) is 79.6 cm³/mol.